The van der Waals surface area contributed by atoms with Crippen LogP contribution in [0.2, 0.25) is 0 Å². The zero-order valence-corrected chi connectivity index (χ0v) is 9.95. The van der Waals surface area contributed by atoms with E-state index in [1.165, 1.54) is 10.9 Å². The molecule has 0 amide bonds. The van der Waals surface area contributed by atoms with Crippen LogP contribution in [-0.4, -0.2) is 14.9 Å². The van der Waals surface area contributed by atoms with Gasteiger partial charge in [-0.05, 0) is 23.6 Å². The van der Waals surface area contributed by atoms with E-state index in [0.29, 0.717) is 5.92 Å². The van der Waals surface area contributed by atoms with Gasteiger partial charge in [0, 0.05) is 30.2 Å². The maximum absolute atomic E-state index is 4.37. The van der Waals surface area contributed by atoms with Crippen molar-refractivity contribution in [1.29, 1.82) is 0 Å². The Morgan fingerprint density at radius 2 is 2.36 bits per heavy atom. The maximum atomic E-state index is 4.37. The molecule has 0 radical (unpaired) electrons. The Hall–Kier alpha value is -0.830. The van der Waals surface area contributed by atoms with Crippen molar-refractivity contribution in [3.63, 3.8) is 0 Å². The summed E-state index contributed by atoms with van der Waals surface area (Å²) in [4.78, 5) is 4.37. The fourth-order valence-electron chi connectivity index (χ4n) is 1.72. The van der Waals surface area contributed by atoms with Crippen LogP contribution in [-0.2, 0) is 7.05 Å². The molecule has 3 heteroatoms. The number of pyridine rings is 1. The van der Waals surface area contributed by atoms with E-state index in [1.54, 1.807) is 0 Å². The topological polar surface area (TPSA) is 17.8 Å². The molecule has 0 N–H and O–H groups in total. The highest BCUT2D eigenvalue weighted by Crippen LogP contribution is 2.26. The largest absolute Gasteiger partial charge is 0.335 e. The van der Waals surface area contributed by atoms with Crippen molar-refractivity contribution in [3.8, 4) is 0 Å². The van der Waals surface area contributed by atoms with Crippen LogP contribution >= 0.6 is 15.9 Å². The van der Waals surface area contributed by atoms with E-state index in [1.807, 2.05) is 19.3 Å². The summed E-state index contributed by atoms with van der Waals surface area (Å²) >= 11 is 3.52. The van der Waals surface area contributed by atoms with E-state index in [0.717, 1.165) is 11.0 Å². The zero-order valence-electron chi connectivity index (χ0n) is 8.37. The van der Waals surface area contributed by atoms with Crippen LogP contribution in [0.5, 0.6) is 0 Å². The molecule has 0 fully saturated rings. The predicted molar refractivity (Wildman–Crippen MR) is 62.9 cm³/mol. The van der Waals surface area contributed by atoms with Gasteiger partial charge in [-0.2, -0.15) is 0 Å². The summed E-state index contributed by atoms with van der Waals surface area (Å²) in [5.41, 5.74) is 2.43. The molecule has 0 spiro atoms. The molecular formula is C11H13BrN2. The third-order valence-electron chi connectivity index (χ3n) is 2.53. The van der Waals surface area contributed by atoms with E-state index in [-0.39, 0.29) is 0 Å². The maximum Gasteiger partial charge on any atom is 0.139 e. The average molecular weight is 253 g/mol. The lowest BCUT2D eigenvalue weighted by molar-refractivity contribution is 0.871. The number of hydrogen-bond donors (Lipinski definition) is 0. The van der Waals surface area contributed by atoms with E-state index in [9.17, 15) is 0 Å². The first-order valence-electron chi connectivity index (χ1n) is 4.70. The zero-order chi connectivity index (χ0) is 10.1. The number of aromatic nitrogens is 2. The average Bonchev–Trinajstić information content (AvgIpc) is 2.56. The minimum absolute atomic E-state index is 0.530. The lowest BCUT2D eigenvalue weighted by atomic mass is 10.0. The third kappa shape index (κ3) is 1.46. The lowest BCUT2D eigenvalue weighted by Gasteiger charge is -2.04. The lowest BCUT2D eigenvalue weighted by Crippen LogP contribution is -1.92. The predicted octanol–water partition coefficient (Wildman–Crippen LogP) is 3.07. The molecule has 1 unspecified atom stereocenters. The number of fused-ring (bicyclic) bond motifs is 1. The summed E-state index contributed by atoms with van der Waals surface area (Å²) < 4.78 is 2.09. The summed E-state index contributed by atoms with van der Waals surface area (Å²) in [7, 11) is 2.04. The number of hydrogen-bond acceptors (Lipinski definition) is 1. The molecule has 2 heterocycles. The third-order valence-corrected chi connectivity index (χ3v) is 3.50. The molecule has 0 aliphatic heterocycles. The normalized spacial score (nSPS) is 13.4. The van der Waals surface area contributed by atoms with Crippen molar-refractivity contribution < 1.29 is 0 Å². The van der Waals surface area contributed by atoms with E-state index < -0.39 is 0 Å². The molecule has 0 aliphatic carbocycles. The van der Waals surface area contributed by atoms with Crippen molar-refractivity contribution in [2.24, 2.45) is 7.05 Å². The van der Waals surface area contributed by atoms with Gasteiger partial charge in [-0.3, -0.25) is 0 Å². The molecule has 0 aromatic carbocycles. The van der Waals surface area contributed by atoms with Crippen LogP contribution in [0.4, 0.5) is 0 Å². The van der Waals surface area contributed by atoms with Crippen LogP contribution in [0.3, 0.4) is 0 Å². The summed E-state index contributed by atoms with van der Waals surface area (Å²) in [5.74, 6) is 0.530. The molecular weight excluding hydrogens is 240 g/mol. The smallest absolute Gasteiger partial charge is 0.139 e. The van der Waals surface area contributed by atoms with Gasteiger partial charge in [-0.15, -0.1) is 0 Å². The quantitative estimate of drug-likeness (QED) is 0.752. The number of nitrogens with zero attached hydrogens (tertiary/aromatic N) is 2. The van der Waals surface area contributed by atoms with Gasteiger partial charge < -0.3 is 4.57 Å². The highest BCUT2D eigenvalue weighted by molar-refractivity contribution is 9.09. The van der Waals surface area contributed by atoms with Crippen LogP contribution in [0.1, 0.15) is 18.4 Å². The molecule has 2 nitrogen and oxygen atoms in total. The Morgan fingerprint density at radius 3 is 3.07 bits per heavy atom. The summed E-state index contributed by atoms with van der Waals surface area (Å²) in [6, 6.07) is 4.13. The van der Waals surface area contributed by atoms with Gasteiger partial charge in [-0.1, -0.05) is 22.9 Å². The Balaban J connectivity index is 2.66. The van der Waals surface area contributed by atoms with E-state index in [4.69, 9.17) is 0 Å². The van der Waals surface area contributed by atoms with Gasteiger partial charge in [0.25, 0.3) is 0 Å². The van der Waals surface area contributed by atoms with Crippen LogP contribution in [0.25, 0.3) is 11.0 Å². The van der Waals surface area contributed by atoms with Crippen molar-refractivity contribution >= 4 is 27.0 Å². The summed E-state index contributed by atoms with van der Waals surface area (Å²) in [5, 5.41) is 2.25. The molecule has 2 aromatic heterocycles. The van der Waals surface area contributed by atoms with Gasteiger partial charge >= 0.3 is 0 Å². The van der Waals surface area contributed by atoms with Crippen molar-refractivity contribution in [2.45, 2.75) is 12.8 Å². The highest BCUT2D eigenvalue weighted by atomic mass is 79.9. The number of halogens is 1. The summed E-state index contributed by atoms with van der Waals surface area (Å²) in [6.07, 6.45) is 4.01. The van der Waals surface area contributed by atoms with Gasteiger partial charge in [0.1, 0.15) is 5.65 Å². The molecule has 14 heavy (non-hydrogen) atoms. The SMILES string of the molecule is CC(CBr)c1cn(C)c2ncccc12. The number of alkyl halides is 1. The van der Waals surface area contributed by atoms with Gasteiger partial charge in [0.15, 0.2) is 0 Å². The highest BCUT2D eigenvalue weighted by Gasteiger charge is 2.11. The molecule has 0 aliphatic rings. The minimum atomic E-state index is 0.530. The van der Waals surface area contributed by atoms with Crippen molar-refractivity contribution in [1.82, 2.24) is 9.55 Å². The van der Waals surface area contributed by atoms with E-state index >= 15 is 0 Å². The fourth-order valence-corrected chi connectivity index (χ4v) is 2.07. The second-order valence-electron chi connectivity index (χ2n) is 3.63. The van der Waals surface area contributed by atoms with Crippen LogP contribution in [0.15, 0.2) is 24.5 Å². The Labute approximate surface area is 92.1 Å². The molecule has 2 rings (SSSR count). The van der Waals surface area contributed by atoms with Crippen LogP contribution < -0.4 is 0 Å². The molecule has 0 saturated carbocycles. The molecule has 0 saturated heterocycles. The van der Waals surface area contributed by atoms with Crippen molar-refractivity contribution in [3.05, 3.63) is 30.1 Å². The Bertz CT molecular complexity index is 447. The van der Waals surface area contributed by atoms with Gasteiger partial charge in [0.2, 0.25) is 0 Å². The number of rotatable bonds is 2. The Kier molecular flexibility index (Phi) is 2.59. The fraction of sp³-hybridized carbons (Fsp3) is 0.364. The molecule has 1 atom stereocenters. The molecule has 74 valence electrons. The van der Waals surface area contributed by atoms with Gasteiger partial charge in [-0.25, -0.2) is 4.98 Å². The summed E-state index contributed by atoms with van der Waals surface area (Å²) in [6.45, 7) is 2.22. The Morgan fingerprint density at radius 1 is 1.57 bits per heavy atom. The first-order chi connectivity index (χ1) is 6.74. The monoisotopic (exact) mass is 252 g/mol. The van der Waals surface area contributed by atoms with Crippen molar-refractivity contribution in [2.75, 3.05) is 5.33 Å². The van der Waals surface area contributed by atoms with E-state index in [2.05, 4.69) is 44.7 Å². The minimum Gasteiger partial charge on any atom is -0.335 e. The molecule has 0 bridgehead atoms. The number of aryl methyl sites for hydroxylation is 1. The first kappa shape index (κ1) is 9.71. The second-order valence-corrected chi connectivity index (χ2v) is 4.27. The first-order valence-corrected chi connectivity index (χ1v) is 5.82. The standard InChI is InChI=1S/C11H13BrN2/c1-8(6-12)10-7-14(2)11-9(10)4-3-5-13-11/h3-5,7-8H,6H2,1-2H3. The van der Waals surface area contributed by atoms with Gasteiger partial charge in [0.05, 0.1) is 0 Å². The second kappa shape index (κ2) is 3.73. The molecule has 2 aromatic rings. The van der Waals surface area contributed by atoms with Crippen LogP contribution in [0, 0.1) is 0 Å².